The molecule has 5 rings (SSSR count). The van der Waals surface area contributed by atoms with Crippen molar-refractivity contribution in [1.29, 1.82) is 0 Å². The second-order valence-electron chi connectivity index (χ2n) is 8.41. The minimum Gasteiger partial charge on any atom is -0.459 e. The van der Waals surface area contributed by atoms with Crippen LogP contribution in [0.4, 0.5) is 14.5 Å². The molecule has 0 saturated carbocycles. The van der Waals surface area contributed by atoms with Crippen LogP contribution in [0.5, 0.6) is 0 Å². The molecule has 1 atom stereocenters. The monoisotopic (exact) mass is 506 g/mol. The van der Waals surface area contributed by atoms with Crippen LogP contribution in [0.15, 0.2) is 60.8 Å². The third-order valence-corrected chi connectivity index (χ3v) is 6.00. The highest BCUT2D eigenvalue weighted by Gasteiger charge is 2.32. The van der Waals surface area contributed by atoms with Gasteiger partial charge in [-0.1, -0.05) is 24.3 Å². The summed E-state index contributed by atoms with van der Waals surface area (Å²) in [6, 6.07) is 13.1. The highest BCUT2D eigenvalue weighted by atomic mass is 19.2. The van der Waals surface area contributed by atoms with E-state index in [1.54, 1.807) is 18.2 Å². The van der Waals surface area contributed by atoms with Gasteiger partial charge in [0.2, 0.25) is 0 Å². The maximum Gasteiger partial charge on any atom is 0.340 e. The van der Waals surface area contributed by atoms with E-state index in [1.807, 2.05) is 0 Å². The lowest BCUT2D eigenvalue weighted by Crippen LogP contribution is -2.27. The molecule has 0 spiro atoms. The molecular formula is C26H20F2N4O5. The number of nitrogens with one attached hydrogen (secondary N) is 1. The first-order chi connectivity index (χ1) is 17.9. The Labute approximate surface area is 208 Å². The van der Waals surface area contributed by atoms with Crippen molar-refractivity contribution < 1.29 is 33.3 Å². The van der Waals surface area contributed by atoms with Crippen molar-refractivity contribution in [2.24, 2.45) is 0 Å². The van der Waals surface area contributed by atoms with Crippen molar-refractivity contribution in [2.45, 2.75) is 12.6 Å². The molecule has 11 heteroatoms. The Balaban J connectivity index is 1.55. The number of anilines is 1. The number of H-pyrrole nitrogens is 1. The van der Waals surface area contributed by atoms with E-state index in [1.165, 1.54) is 35.4 Å². The van der Waals surface area contributed by atoms with Crippen molar-refractivity contribution in [3.05, 3.63) is 89.1 Å². The van der Waals surface area contributed by atoms with Crippen molar-refractivity contribution in [2.75, 3.05) is 18.1 Å². The molecule has 1 aromatic heterocycles. The van der Waals surface area contributed by atoms with Gasteiger partial charge in [0.1, 0.15) is 18.4 Å². The lowest BCUT2D eigenvalue weighted by molar-refractivity contribution is 0.00939. The molecule has 37 heavy (non-hydrogen) atoms. The van der Waals surface area contributed by atoms with Crippen LogP contribution in [-0.4, -0.2) is 56.8 Å². The van der Waals surface area contributed by atoms with Gasteiger partial charge in [-0.25, -0.2) is 13.6 Å². The molecular weight excluding hydrogens is 486 g/mol. The fraction of sp³-hybridized carbons (Fsp3) is 0.154. The number of rotatable bonds is 7. The molecule has 1 aliphatic rings. The molecule has 3 aromatic carbocycles. The number of aliphatic hydroxyl groups excluding tert-OH is 2. The van der Waals surface area contributed by atoms with Crippen LogP contribution in [0.1, 0.15) is 26.3 Å². The largest absolute Gasteiger partial charge is 0.459 e. The van der Waals surface area contributed by atoms with Gasteiger partial charge in [0.05, 0.1) is 30.6 Å². The Kier molecular flexibility index (Phi) is 6.47. The summed E-state index contributed by atoms with van der Waals surface area (Å²) < 4.78 is 32.5. The van der Waals surface area contributed by atoms with E-state index >= 15 is 0 Å². The van der Waals surface area contributed by atoms with E-state index in [0.29, 0.717) is 33.5 Å². The predicted molar refractivity (Wildman–Crippen MR) is 128 cm³/mol. The number of benzene rings is 3. The van der Waals surface area contributed by atoms with Crippen molar-refractivity contribution in [3.8, 4) is 22.4 Å². The van der Waals surface area contributed by atoms with Gasteiger partial charge in [-0.2, -0.15) is 15.4 Å². The topological polar surface area (TPSA) is 129 Å². The van der Waals surface area contributed by atoms with Crippen LogP contribution in [0, 0.1) is 11.6 Å². The second kappa shape index (κ2) is 9.88. The Morgan fingerprint density at radius 1 is 1.05 bits per heavy atom. The first-order valence-corrected chi connectivity index (χ1v) is 11.2. The summed E-state index contributed by atoms with van der Waals surface area (Å²) in [5.74, 6) is -3.25. The van der Waals surface area contributed by atoms with Gasteiger partial charge in [-0.15, -0.1) is 0 Å². The number of halogens is 2. The Bertz CT molecular complexity index is 1490. The van der Waals surface area contributed by atoms with Crippen molar-refractivity contribution in [3.63, 3.8) is 0 Å². The van der Waals surface area contributed by atoms with Gasteiger partial charge in [0, 0.05) is 11.1 Å². The summed E-state index contributed by atoms with van der Waals surface area (Å²) in [5, 5.41) is 28.9. The zero-order valence-corrected chi connectivity index (χ0v) is 19.2. The third kappa shape index (κ3) is 4.69. The number of hydrogen-bond acceptors (Lipinski definition) is 7. The van der Waals surface area contributed by atoms with E-state index in [9.17, 15) is 23.5 Å². The van der Waals surface area contributed by atoms with Gasteiger partial charge in [-0.05, 0) is 47.0 Å². The molecule has 2 heterocycles. The number of ether oxygens (including phenoxy) is 1. The van der Waals surface area contributed by atoms with E-state index in [0.717, 1.165) is 12.1 Å². The summed E-state index contributed by atoms with van der Waals surface area (Å²) >= 11 is 0. The fourth-order valence-electron chi connectivity index (χ4n) is 4.08. The van der Waals surface area contributed by atoms with Gasteiger partial charge in [0.15, 0.2) is 11.6 Å². The predicted octanol–water partition coefficient (Wildman–Crippen LogP) is 3.09. The van der Waals surface area contributed by atoms with E-state index in [2.05, 4.69) is 15.4 Å². The molecule has 1 amide bonds. The lowest BCUT2D eigenvalue weighted by Gasteiger charge is -2.21. The summed E-state index contributed by atoms with van der Waals surface area (Å²) in [6.07, 6.45) is 0.264. The molecule has 0 bridgehead atoms. The Hall–Kier alpha value is -4.48. The minimum atomic E-state index is -1.26. The number of carbonyl (C=O) groups is 2. The van der Waals surface area contributed by atoms with E-state index in [-0.39, 0.29) is 23.7 Å². The molecule has 188 valence electrons. The average Bonchev–Trinajstić information content (AvgIpc) is 3.56. The van der Waals surface area contributed by atoms with Gasteiger partial charge in [-0.3, -0.25) is 4.79 Å². The van der Waals surface area contributed by atoms with Crippen molar-refractivity contribution >= 4 is 17.6 Å². The number of nitrogens with zero attached hydrogens (tertiary/aromatic N) is 3. The zero-order chi connectivity index (χ0) is 26.1. The second-order valence-corrected chi connectivity index (χ2v) is 8.41. The Morgan fingerprint density at radius 3 is 2.54 bits per heavy atom. The number of aliphatic hydroxyl groups is 2. The van der Waals surface area contributed by atoms with Gasteiger partial charge in [0.25, 0.3) is 5.91 Å². The molecule has 0 saturated heterocycles. The summed E-state index contributed by atoms with van der Waals surface area (Å²) in [4.78, 5) is 27.8. The maximum absolute atomic E-state index is 13.9. The molecule has 1 unspecified atom stereocenters. The SMILES string of the molecule is O=C(OCC(O)CO)c1ccc(-c2ccc(F)c(F)c2)cc1N1Cc2ccc(-c3cn[nH]n3)cc2C1=O. The zero-order valence-electron chi connectivity index (χ0n) is 19.2. The number of fused-ring (bicyclic) bond motifs is 1. The number of esters is 1. The number of aromatic amines is 1. The molecule has 3 N–H and O–H groups in total. The van der Waals surface area contributed by atoms with Crippen LogP contribution in [0.25, 0.3) is 22.4 Å². The first-order valence-electron chi connectivity index (χ1n) is 11.2. The number of amides is 1. The fourth-order valence-corrected chi connectivity index (χ4v) is 4.08. The van der Waals surface area contributed by atoms with E-state index < -0.39 is 36.9 Å². The highest BCUT2D eigenvalue weighted by molar-refractivity contribution is 6.13. The highest BCUT2D eigenvalue weighted by Crippen LogP contribution is 2.36. The summed E-state index contributed by atoms with van der Waals surface area (Å²) in [5.41, 5.74) is 3.35. The van der Waals surface area contributed by atoms with Crippen LogP contribution in [0.3, 0.4) is 0 Å². The third-order valence-electron chi connectivity index (χ3n) is 6.00. The first kappa shape index (κ1) is 24.2. The van der Waals surface area contributed by atoms with Gasteiger partial charge >= 0.3 is 5.97 Å². The Morgan fingerprint density at radius 2 is 1.81 bits per heavy atom. The standard InChI is InChI=1S/C26H20F2N4O5/c27-21-6-4-14(8-22(21)28)15-3-5-19(26(36)37-13-18(34)12-33)24(9-15)32-11-17-2-1-16(7-20(17)25(32)35)23-10-29-31-30-23/h1-10,18,33-34H,11-13H2,(H,29,30,31). The number of aromatic nitrogens is 3. The molecule has 4 aromatic rings. The molecule has 1 aliphatic heterocycles. The average molecular weight is 506 g/mol. The normalized spacial score (nSPS) is 13.5. The van der Waals surface area contributed by atoms with E-state index in [4.69, 9.17) is 9.84 Å². The quantitative estimate of drug-likeness (QED) is 0.329. The summed E-state index contributed by atoms with van der Waals surface area (Å²) in [6.45, 7) is -0.897. The van der Waals surface area contributed by atoms with Crippen LogP contribution in [-0.2, 0) is 11.3 Å². The molecule has 0 radical (unpaired) electrons. The van der Waals surface area contributed by atoms with Crippen LogP contribution < -0.4 is 4.90 Å². The van der Waals surface area contributed by atoms with Crippen molar-refractivity contribution in [1.82, 2.24) is 15.4 Å². The lowest BCUT2D eigenvalue weighted by atomic mass is 10.0. The molecule has 0 fully saturated rings. The number of carbonyl (C=O) groups excluding carboxylic acids is 2. The minimum absolute atomic E-state index is 0.0226. The van der Waals surface area contributed by atoms with Gasteiger partial charge < -0.3 is 19.8 Å². The molecule has 9 nitrogen and oxygen atoms in total. The summed E-state index contributed by atoms with van der Waals surface area (Å²) in [7, 11) is 0. The molecule has 0 aliphatic carbocycles. The van der Waals surface area contributed by atoms with Crippen LogP contribution in [0.2, 0.25) is 0 Å². The smallest absolute Gasteiger partial charge is 0.340 e. The number of hydrogen-bond donors (Lipinski definition) is 3. The maximum atomic E-state index is 13.9. The van der Waals surface area contributed by atoms with Crippen LogP contribution >= 0.6 is 0 Å².